The van der Waals surface area contributed by atoms with Crippen LogP contribution < -0.4 is 0 Å². The number of hydrogen-bond acceptors (Lipinski definition) is 2. The molecule has 3 nitrogen and oxygen atoms in total. The second-order valence-electron chi connectivity index (χ2n) is 5.76. The summed E-state index contributed by atoms with van der Waals surface area (Å²) in [4.78, 5) is 9.22. The minimum Gasteiger partial charge on any atom is -0.333 e. The van der Waals surface area contributed by atoms with Gasteiger partial charge in [0, 0.05) is 24.9 Å². The lowest BCUT2D eigenvalue weighted by molar-refractivity contribution is 0.617. The second kappa shape index (κ2) is 5.17. The monoisotopic (exact) mass is 277 g/mol. The molecule has 0 amide bonds. The maximum atomic E-state index is 4.84. The van der Waals surface area contributed by atoms with E-state index < -0.39 is 0 Å². The molecule has 0 unspecified atom stereocenters. The number of aromatic nitrogens is 3. The Morgan fingerprint density at radius 3 is 2.38 bits per heavy atom. The molecule has 21 heavy (non-hydrogen) atoms. The van der Waals surface area contributed by atoms with Crippen LogP contribution in [0.25, 0.3) is 11.5 Å². The molecule has 0 aliphatic heterocycles. The molecule has 0 radical (unpaired) electrons. The van der Waals surface area contributed by atoms with Gasteiger partial charge in [-0.05, 0) is 17.7 Å². The summed E-state index contributed by atoms with van der Waals surface area (Å²) in [5.41, 5.74) is 3.08. The Hall–Kier alpha value is -2.42. The zero-order chi connectivity index (χ0) is 14.9. The van der Waals surface area contributed by atoms with Crippen LogP contribution in [-0.2, 0) is 12.5 Å². The van der Waals surface area contributed by atoms with Crippen molar-refractivity contribution >= 4 is 0 Å². The minimum atomic E-state index is -0.136. The van der Waals surface area contributed by atoms with E-state index in [1.807, 2.05) is 29.9 Å². The number of benzene rings is 1. The van der Waals surface area contributed by atoms with Gasteiger partial charge in [0.1, 0.15) is 5.69 Å². The van der Waals surface area contributed by atoms with Crippen molar-refractivity contribution in [2.45, 2.75) is 19.3 Å². The Balaban J connectivity index is 2.06. The quantitative estimate of drug-likeness (QED) is 0.729. The molecule has 3 rings (SSSR count). The van der Waals surface area contributed by atoms with Crippen molar-refractivity contribution in [1.82, 2.24) is 14.5 Å². The van der Waals surface area contributed by atoms with E-state index in [4.69, 9.17) is 4.98 Å². The molecule has 0 aliphatic rings. The molecule has 2 aromatic heterocycles. The van der Waals surface area contributed by atoms with Crippen molar-refractivity contribution in [2.24, 2.45) is 7.05 Å². The third kappa shape index (κ3) is 2.47. The lowest BCUT2D eigenvalue weighted by Crippen LogP contribution is -2.20. The fourth-order valence-corrected chi connectivity index (χ4v) is 2.52. The van der Waals surface area contributed by atoms with Crippen LogP contribution in [0.2, 0.25) is 0 Å². The van der Waals surface area contributed by atoms with Crippen LogP contribution in [0.1, 0.15) is 25.1 Å². The molecule has 3 aromatic rings. The molecule has 0 atom stereocenters. The minimum absolute atomic E-state index is 0.136. The molecule has 0 spiro atoms. The number of hydrogen-bond donors (Lipinski definition) is 0. The van der Waals surface area contributed by atoms with Crippen molar-refractivity contribution < 1.29 is 0 Å². The smallest absolute Gasteiger partial charge is 0.158 e. The molecule has 0 N–H and O–H groups in total. The zero-order valence-electron chi connectivity index (χ0n) is 12.6. The molecule has 0 bridgehead atoms. The van der Waals surface area contributed by atoms with Crippen molar-refractivity contribution in [1.29, 1.82) is 0 Å². The lowest BCUT2D eigenvalue weighted by atomic mass is 9.81. The van der Waals surface area contributed by atoms with Gasteiger partial charge in [0.05, 0.1) is 5.69 Å². The van der Waals surface area contributed by atoms with Gasteiger partial charge in [-0.25, -0.2) is 9.97 Å². The summed E-state index contributed by atoms with van der Waals surface area (Å²) < 4.78 is 1.99. The summed E-state index contributed by atoms with van der Waals surface area (Å²) >= 11 is 0. The first-order valence-corrected chi connectivity index (χ1v) is 7.10. The van der Waals surface area contributed by atoms with Gasteiger partial charge in [0.2, 0.25) is 0 Å². The first kappa shape index (κ1) is 13.6. The highest BCUT2D eigenvalue weighted by molar-refractivity contribution is 5.51. The maximum absolute atomic E-state index is 4.84. The summed E-state index contributed by atoms with van der Waals surface area (Å²) in [6.07, 6.45) is 3.73. The fraction of sp³-hybridized carbons (Fsp3) is 0.222. The molecule has 0 saturated heterocycles. The van der Waals surface area contributed by atoms with Crippen LogP contribution in [-0.4, -0.2) is 14.5 Å². The van der Waals surface area contributed by atoms with Crippen molar-refractivity contribution in [3.63, 3.8) is 0 Å². The van der Waals surface area contributed by atoms with Gasteiger partial charge in [-0.1, -0.05) is 50.2 Å². The SMILES string of the molecule is Cn1ccnc1-c1cccc(C(C)(C)c2ccccc2)n1. The van der Waals surface area contributed by atoms with Gasteiger partial charge in [-0.15, -0.1) is 0 Å². The highest BCUT2D eigenvalue weighted by Gasteiger charge is 2.25. The van der Waals surface area contributed by atoms with Crippen LogP contribution in [0.15, 0.2) is 60.9 Å². The van der Waals surface area contributed by atoms with Crippen LogP contribution in [0.4, 0.5) is 0 Å². The van der Waals surface area contributed by atoms with E-state index in [2.05, 4.69) is 55.2 Å². The standard InChI is InChI=1S/C18H19N3/c1-18(2,14-8-5-4-6-9-14)16-11-7-10-15(20-16)17-19-12-13-21(17)3/h4-13H,1-3H3. The Kier molecular flexibility index (Phi) is 3.34. The van der Waals surface area contributed by atoms with Crippen molar-refractivity contribution in [3.05, 3.63) is 72.2 Å². The zero-order valence-corrected chi connectivity index (χ0v) is 12.6. The summed E-state index contributed by atoms with van der Waals surface area (Å²) in [6.45, 7) is 4.40. The maximum Gasteiger partial charge on any atom is 0.158 e. The van der Waals surface area contributed by atoms with E-state index in [1.165, 1.54) is 5.56 Å². The van der Waals surface area contributed by atoms with Gasteiger partial charge in [-0.2, -0.15) is 0 Å². The second-order valence-corrected chi connectivity index (χ2v) is 5.76. The molecule has 0 aliphatic carbocycles. The van der Waals surface area contributed by atoms with Crippen LogP contribution in [0.5, 0.6) is 0 Å². The lowest BCUT2D eigenvalue weighted by Gasteiger charge is -2.25. The van der Waals surface area contributed by atoms with E-state index >= 15 is 0 Å². The van der Waals surface area contributed by atoms with E-state index in [0.29, 0.717) is 0 Å². The van der Waals surface area contributed by atoms with E-state index in [9.17, 15) is 0 Å². The average Bonchev–Trinajstić information content (AvgIpc) is 2.94. The Morgan fingerprint density at radius 1 is 0.952 bits per heavy atom. The van der Waals surface area contributed by atoms with Gasteiger partial charge in [0.25, 0.3) is 0 Å². The molecule has 0 saturated carbocycles. The molecule has 1 aromatic carbocycles. The number of pyridine rings is 1. The predicted molar refractivity (Wildman–Crippen MR) is 85.0 cm³/mol. The van der Waals surface area contributed by atoms with Crippen LogP contribution in [0, 0.1) is 0 Å². The normalized spacial score (nSPS) is 11.6. The van der Waals surface area contributed by atoms with Gasteiger partial charge < -0.3 is 4.57 Å². The Morgan fingerprint density at radius 2 is 1.71 bits per heavy atom. The predicted octanol–water partition coefficient (Wildman–Crippen LogP) is 3.81. The summed E-state index contributed by atoms with van der Waals surface area (Å²) in [6, 6.07) is 16.6. The highest BCUT2D eigenvalue weighted by atomic mass is 15.0. The molecule has 2 heterocycles. The number of nitrogens with zero attached hydrogens (tertiary/aromatic N) is 3. The van der Waals surface area contributed by atoms with Gasteiger partial charge >= 0.3 is 0 Å². The third-order valence-electron chi connectivity index (χ3n) is 3.94. The summed E-state index contributed by atoms with van der Waals surface area (Å²) in [5.74, 6) is 0.890. The van der Waals surface area contributed by atoms with E-state index in [-0.39, 0.29) is 5.41 Å². The van der Waals surface area contributed by atoms with Crippen molar-refractivity contribution in [3.8, 4) is 11.5 Å². The first-order chi connectivity index (χ1) is 10.1. The summed E-state index contributed by atoms with van der Waals surface area (Å²) in [5, 5.41) is 0. The molecule has 0 fully saturated rings. The average molecular weight is 277 g/mol. The molecular formula is C18H19N3. The molecule has 106 valence electrons. The number of rotatable bonds is 3. The summed E-state index contributed by atoms with van der Waals surface area (Å²) in [7, 11) is 1.99. The largest absolute Gasteiger partial charge is 0.333 e. The Bertz CT molecular complexity index is 742. The Labute approximate surface area is 125 Å². The van der Waals surface area contributed by atoms with Crippen molar-refractivity contribution in [2.75, 3.05) is 0 Å². The van der Waals surface area contributed by atoms with E-state index in [1.54, 1.807) is 6.20 Å². The molecule has 3 heteroatoms. The third-order valence-corrected chi connectivity index (χ3v) is 3.94. The number of imidazole rings is 1. The van der Waals surface area contributed by atoms with Gasteiger partial charge in [-0.3, -0.25) is 0 Å². The van der Waals surface area contributed by atoms with Crippen LogP contribution in [0.3, 0.4) is 0 Å². The van der Waals surface area contributed by atoms with Gasteiger partial charge in [0.15, 0.2) is 5.82 Å². The fourth-order valence-electron chi connectivity index (χ4n) is 2.52. The first-order valence-electron chi connectivity index (χ1n) is 7.10. The van der Waals surface area contributed by atoms with Crippen LogP contribution >= 0.6 is 0 Å². The number of aryl methyl sites for hydroxylation is 1. The topological polar surface area (TPSA) is 30.7 Å². The van der Waals surface area contributed by atoms with E-state index in [0.717, 1.165) is 17.2 Å². The highest BCUT2D eigenvalue weighted by Crippen LogP contribution is 2.30. The molecular weight excluding hydrogens is 258 g/mol.